The van der Waals surface area contributed by atoms with Crippen LogP contribution in [0.15, 0.2) is 0 Å². The van der Waals surface area contributed by atoms with Crippen molar-refractivity contribution in [2.45, 2.75) is 49.7 Å². The summed E-state index contributed by atoms with van der Waals surface area (Å²) in [6.45, 7) is 0. The van der Waals surface area contributed by atoms with Crippen molar-refractivity contribution in [3.8, 4) is 0 Å². The third-order valence-corrected chi connectivity index (χ3v) is 7.34. The molecule has 0 aromatic heterocycles. The molecule has 0 aliphatic heterocycles. The smallest absolute Gasteiger partial charge is 0.375 e. The Hall–Kier alpha value is 2.09. The highest BCUT2D eigenvalue weighted by Gasteiger charge is 2.62. The van der Waals surface area contributed by atoms with E-state index in [1.165, 1.54) is 6.42 Å². The molecule has 0 unspecified atom stereocenters. The van der Waals surface area contributed by atoms with Gasteiger partial charge in [-0.05, 0) is 43.9 Å². The van der Waals surface area contributed by atoms with E-state index in [-0.39, 0.29) is 0 Å². The van der Waals surface area contributed by atoms with Crippen LogP contribution >= 0.6 is 66.5 Å². The molecular formula is C10H14Cl6O2Si2. The average Bonchev–Trinajstić information content (AvgIpc) is 2.04. The molecule has 116 valence electrons. The molecular weight excluding hydrogens is 421 g/mol. The standard InChI is InChI=1S/C10H14Cl6O2Si2/c11-19(12,13)17-9-2-7-1-8(4-9)5-10(3-7,6-9)18-20(14,15)16/h7-8H,1-6H2. The predicted molar refractivity (Wildman–Crippen MR) is 88.9 cm³/mol. The molecule has 4 aliphatic rings. The topological polar surface area (TPSA) is 18.5 Å². The Bertz CT molecular complexity index is 362. The van der Waals surface area contributed by atoms with Crippen molar-refractivity contribution < 1.29 is 8.85 Å². The Balaban J connectivity index is 1.86. The number of halogens is 6. The van der Waals surface area contributed by atoms with Crippen molar-refractivity contribution in [2.24, 2.45) is 11.8 Å². The molecule has 0 amide bonds. The van der Waals surface area contributed by atoms with Gasteiger partial charge in [0.2, 0.25) is 0 Å². The molecule has 10 heteroatoms. The monoisotopic (exact) mass is 432 g/mol. The molecule has 2 nitrogen and oxygen atoms in total. The molecule has 0 spiro atoms. The molecule has 4 saturated carbocycles. The normalized spacial score (nSPS) is 44.1. The predicted octanol–water partition coefficient (Wildman–Crippen LogP) is 5.42. The third kappa shape index (κ3) is 3.77. The Morgan fingerprint density at radius 2 is 1.05 bits per heavy atom. The van der Waals surface area contributed by atoms with Crippen LogP contribution in [0.1, 0.15) is 38.5 Å². The first kappa shape index (κ1) is 16.9. The van der Waals surface area contributed by atoms with Gasteiger partial charge in [0.15, 0.2) is 0 Å². The van der Waals surface area contributed by atoms with E-state index in [2.05, 4.69) is 0 Å². The zero-order valence-corrected chi connectivity index (χ0v) is 17.0. The second-order valence-electron chi connectivity index (χ2n) is 6.42. The van der Waals surface area contributed by atoms with Crippen molar-refractivity contribution >= 4 is 79.0 Å². The molecule has 4 fully saturated rings. The maximum atomic E-state index is 5.98. The van der Waals surface area contributed by atoms with Gasteiger partial charge in [-0.2, -0.15) is 0 Å². The van der Waals surface area contributed by atoms with E-state index >= 15 is 0 Å². The Morgan fingerprint density at radius 3 is 1.35 bits per heavy atom. The fraction of sp³-hybridized carbons (Fsp3) is 1.00. The van der Waals surface area contributed by atoms with Crippen LogP contribution in [-0.2, 0) is 8.85 Å². The quantitative estimate of drug-likeness (QED) is 0.434. The molecule has 20 heavy (non-hydrogen) atoms. The van der Waals surface area contributed by atoms with Crippen molar-refractivity contribution in [1.29, 1.82) is 0 Å². The largest absolute Gasteiger partial charge is 0.494 e. The van der Waals surface area contributed by atoms with E-state index in [9.17, 15) is 0 Å². The molecule has 4 rings (SSSR count). The lowest BCUT2D eigenvalue weighted by Crippen LogP contribution is -2.63. The fourth-order valence-electron chi connectivity index (χ4n) is 4.83. The summed E-state index contributed by atoms with van der Waals surface area (Å²) < 4.78 is 11.8. The van der Waals surface area contributed by atoms with Crippen LogP contribution in [0.25, 0.3) is 0 Å². The summed E-state index contributed by atoms with van der Waals surface area (Å²) >= 11 is 35.9. The zero-order valence-electron chi connectivity index (χ0n) is 10.5. The van der Waals surface area contributed by atoms with Crippen molar-refractivity contribution in [3.63, 3.8) is 0 Å². The van der Waals surface area contributed by atoms with Gasteiger partial charge < -0.3 is 8.85 Å². The highest BCUT2D eigenvalue weighted by molar-refractivity contribution is 7.62. The lowest BCUT2D eigenvalue weighted by molar-refractivity contribution is -0.178. The third-order valence-electron chi connectivity index (χ3n) is 4.62. The summed E-state index contributed by atoms with van der Waals surface area (Å²) in [6.07, 6.45) is -0.756. The van der Waals surface area contributed by atoms with Gasteiger partial charge in [-0.25, -0.2) is 0 Å². The molecule has 4 bridgehead atoms. The van der Waals surface area contributed by atoms with Crippen LogP contribution in [-0.4, -0.2) is 23.7 Å². The first-order valence-corrected chi connectivity index (χ1v) is 16.4. The Morgan fingerprint density at radius 1 is 0.700 bits per heavy atom. The highest BCUT2D eigenvalue weighted by Crippen LogP contribution is 2.62. The van der Waals surface area contributed by atoms with Gasteiger partial charge in [0.05, 0.1) is 11.2 Å². The minimum atomic E-state index is -3.16. The summed E-state index contributed by atoms with van der Waals surface area (Å²) in [5.41, 5.74) is -0.794. The maximum Gasteiger partial charge on any atom is 0.494 e. The summed E-state index contributed by atoms with van der Waals surface area (Å²) in [5.74, 6) is 1.03. The van der Waals surface area contributed by atoms with E-state index in [0.717, 1.165) is 25.7 Å². The minimum Gasteiger partial charge on any atom is -0.375 e. The van der Waals surface area contributed by atoms with Gasteiger partial charge in [-0.15, -0.1) is 0 Å². The van der Waals surface area contributed by atoms with Gasteiger partial charge in [0, 0.05) is 6.42 Å². The van der Waals surface area contributed by atoms with Crippen LogP contribution in [0, 0.1) is 11.8 Å². The van der Waals surface area contributed by atoms with Crippen LogP contribution in [0.3, 0.4) is 0 Å². The van der Waals surface area contributed by atoms with E-state index in [1.54, 1.807) is 0 Å². The van der Waals surface area contributed by atoms with Crippen LogP contribution in [0.5, 0.6) is 0 Å². The van der Waals surface area contributed by atoms with E-state index in [1.807, 2.05) is 0 Å². The average molecular weight is 435 g/mol. The molecule has 0 saturated heterocycles. The van der Waals surface area contributed by atoms with Crippen molar-refractivity contribution in [2.75, 3.05) is 0 Å². The second-order valence-corrected chi connectivity index (χ2v) is 21.7. The molecule has 0 aromatic rings. The second kappa shape index (κ2) is 5.30. The van der Waals surface area contributed by atoms with Crippen molar-refractivity contribution in [1.82, 2.24) is 0 Å². The maximum absolute atomic E-state index is 5.98. The first-order chi connectivity index (χ1) is 8.99. The highest BCUT2D eigenvalue weighted by atomic mass is 35.8. The summed E-state index contributed by atoms with van der Waals surface area (Å²) in [7, 11) is 0. The number of hydrogen-bond acceptors (Lipinski definition) is 2. The van der Waals surface area contributed by atoms with Gasteiger partial charge in [-0.1, -0.05) is 66.5 Å². The fourth-order valence-corrected chi connectivity index (χ4v) is 9.23. The molecule has 0 heterocycles. The lowest BCUT2D eigenvalue weighted by Gasteiger charge is -2.62. The van der Waals surface area contributed by atoms with Crippen LogP contribution in [0.4, 0.5) is 0 Å². The minimum absolute atomic E-state index is 0.397. The van der Waals surface area contributed by atoms with Gasteiger partial charge >= 0.3 is 12.5 Å². The molecule has 0 atom stereocenters. The van der Waals surface area contributed by atoms with Crippen molar-refractivity contribution in [3.05, 3.63) is 0 Å². The Kier molecular flexibility index (Phi) is 4.49. The zero-order chi connectivity index (χ0) is 14.8. The van der Waals surface area contributed by atoms with Gasteiger partial charge in [0.1, 0.15) is 0 Å². The molecule has 0 N–H and O–H groups in total. The van der Waals surface area contributed by atoms with E-state index in [0.29, 0.717) is 18.3 Å². The Labute approximate surface area is 148 Å². The van der Waals surface area contributed by atoms with E-state index in [4.69, 9.17) is 75.3 Å². The SMILES string of the molecule is Cl[Si](Cl)(Cl)OC12CC3CC(C1)CC(O[Si](Cl)(Cl)Cl)(C3)C2. The summed E-state index contributed by atoms with van der Waals surface area (Å²) in [4.78, 5) is 0. The molecule has 0 radical (unpaired) electrons. The van der Waals surface area contributed by atoms with Crippen LogP contribution in [0.2, 0.25) is 0 Å². The molecule has 0 aromatic carbocycles. The van der Waals surface area contributed by atoms with Crippen LogP contribution < -0.4 is 0 Å². The van der Waals surface area contributed by atoms with Gasteiger partial charge in [0.25, 0.3) is 0 Å². The number of rotatable bonds is 4. The van der Waals surface area contributed by atoms with Gasteiger partial charge in [-0.3, -0.25) is 0 Å². The first-order valence-electron chi connectivity index (χ1n) is 6.52. The lowest BCUT2D eigenvalue weighted by atomic mass is 9.52. The summed E-state index contributed by atoms with van der Waals surface area (Å²) in [5, 5.41) is 0. The van der Waals surface area contributed by atoms with E-state index < -0.39 is 23.7 Å². The summed E-state index contributed by atoms with van der Waals surface area (Å²) in [6, 6.07) is 0. The molecule has 4 aliphatic carbocycles. The number of hydrogen-bond donors (Lipinski definition) is 0.